The van der Waals surface area contributed by atoms with Crippen molar-refractivity contribution in [3.05, 3.63) is 41.6 Å². The topological polar surface area (TPSA) is 62.6 Å². The minimum absolute atomic E-state index is 0.105. The van der Waals surface area contributed by atoms with Crippen LogP contribution in [0.1, 0.15) is 6.92 Å². The van der Waals surface area contributed by atoms with Gasteiger partial charge in [0.15, 0.2) is 0 Å². The molecule has 0 saturated heterocycles. The predicted octanol–water partition coefficient (Wildman–Crippen LogP) is 2.40. The summed E-state index contributed by atoms with van der Waals surface area (Å²) in [6, 6.07) is 7.01. The Labute approximate surface area is 117 Å². The van der Waals surface area contributed by atoms with E-state index in [9.17, 15) is 4.79 Å². The Morgan fingerprint density at radius 2 is 2.00 bits per heavy atom. The van der Waals surface area contributed by atoms with E-state index in [1.165, 1.54) is 12.0 Å². The number of carbonyl (C=O) groups is 1. The fourth-order valence-electron chi connectivity index (χ4n) is 2.06. The first-order valence-corrected chi connectivity index (χ1v) is 5.91. The predicted molar refractivity (Wildman–Crippen MR) is 74.5 cm³/mol. The molecule has 1 aromatic carbocycles. The molecule has 5 heteroatoms. The summed E-state index contributed by atoms with van der Waals surface area (Å²) in [7, 11) is 3.06. The van der Waals surface area contributed by atoms with Gasteiger partial charge in [0.2, 0.25) is 0 Å². The number of anilines is 1. The summed E-state index contributed by atoms with van der Waals surface area (Å²) in [4.78, 5) is 13.7. The number of methoxy groups -OCH3 is 2. The molecule has 0 N–H and O–H groups in total. The second kappa shape index (κ2) is 5.10. The lowest BCUT2D eigenvalue weighted by Crippen LogP contribution is -2.25. The minimum atomic E-state index is -0.390. The van der Waals surface area contributed by atoms with Crippen LogP contribution in [0.5, 0.6) is 11.5 Å². The average molecular weight is 270 g/mol. The number of benzene rings is 1. The molecule has 0 unspecified atom stereocenters. The molecule has 1 aliphatic heterocycles. The highest BCUT2D eigenvalue weighted by molar-refractivity contribution is 6.16. The number of rotatable bonds is 3. The summed E-state index contributed by atoms with van der Waals surface area (Å²) >= 11 is 0. The van der Waals surface area contributed by atoms with Crippen LogP contribution in [0.4, 0.5) is 5.69 Å². The van der Waals surface area contributed by atoms with E-state index in [1.807, 2.05) is 6.07 Å². The molecule has 2 rings (SSSR count). The van der Waals surface area contributed by atoms with Crippen LogP contribution in [-0.2, 0) is 4.79 Å². The van der Waals surface area contributed by atoms with Crippen LogP contribution in [0.2, 0.25) is 0 Å². The van der Waals surface area contributed by atoms with Crippen LogP contribution >= 0.6 is 0 Å². The first-order chi connectivity index (χ1) is 9.54. The third kappa shape index (κ3) is 1.91. The van der Waals surface area contributed by atoms with E-state index < -0.39 is 5.91 Å². The van der Waals surface area contributed by atoms with Crippen molar-refractivity contribution in [1.29, 1.82) is 5.26 Å². The maximum Gasteiger partial charge on any atom is 0.273 e. The number of allylic oxidation sites excluding steroid dienone is 1. The number of carbonyl (C=O) groups excluding carboxylic acids is 1. The van der Waals surface area contributed by atoms with E-state index in [0.717, 1.165) is 0 Å². The second-order valence-electron chi connectivity index (χ2n) is 4.24. The highest BCUT2D eigenvalue weighted by Gasteiger charge is 2.34. The highest BCUT2D eigenvalue weighted by Crippen LogP contribution is 2.39. The van der Waals surface area contributed by atoms with E-state index in [0.29, 0.717) is 28.5 Å². The largest absolute Gasteiger partial charge is 0.497 e. The number of hydrogen-bond acceptors (Lipinski definition) is 4. The van der Waals surface area contributed by atoms with Crippen LogP contribution in [-0.4, -0.2) is 20.1 Å². The van der Waals surface area contributed by atoms with Gasteiger partial charge in [0.25, 0.3) is 5.91 Å². The normalized spacial score (nSPS) is 14.6. The van der Waals surface area contributed by atoms with Gasteiger partial charge in [-0.15, -0.1) is 0 Å². The Morgan fingerprint density at radius 3 is 2.50 bits per heavy atom. The van der Waals surface area contributed by atoms with Crippen LogP contribution < -0.4 is 14.4 Å². The molecule has 0 bridgehead atoms. The molecule has 0 aromatic heterocycles. The molecular weight excluding hydrogens is 256 g/mol. The van der Waals surface area contributed by atoms with Gasteiger partial charge in [0.1, 0.15) is 23.1 Å². The summed E-state index contributed by atoms with van der Waals surface area (Å²) < 4.78 is 10.4. The van der Waals surface area contributed by atoms with Crippen molar-refractivity contribution in [2.45, 2.75) is 6.92 Å². The maximum atomic E-state index is 12.3. The monoisotopic (exact) mass is 270 g/mol. The van der Waals surface area contributed by atoms with Crippen molar-refractivity contribution in [2.75, 3.05) is 19.1 Å². The van der Waals surface area contributed by atoms with Crippen LogP contribution in [0.25, 0.3) is 0 Å². The molecule has 20 heavy (non-hydrogen) atoms. The molecule has 0 saturated carbocycles. The zero-order valence-electron chi connectivity index (χ0n) is 11.6. The van der Waals surface area contributed by atoms with Crippen molar-refractivity contribution in [3.63, 3.8) is 0 Å². The minimum Gasteiger partial charge on any atom is -0.497 e. The van der Waals surface area contributed by atoms with Gasteiger partial charge in [0, 0.05) is 11.8 Å². The molecule has 102 valence electrons. The molecule has 1 aliphatic rings. The van der Waals surface area contributed by atoms with E-state index in [1.54, 1.807) is 32.2 Å². The standard InChI is InChI=1S/C15H14N2O3/c1-9-10(2)17(15(18)12(9)8-16)13-6-5-11(19-3)7-14(13)20-4/h5-7H,2H2,1,3-4H3. The lowest BCUT2D eigenvalue weighted by molar-refractivity contribution is -0.113. The van der Waals surface area contributed by atoms with Gasteiger partial charge < -0.3 is 9.47 Å². The molecule has 1 aromatic rings. The van der Waals surface area contributed by atoms with Crippen LogP contribution in [0, 0.1) is 11.3 Å². The zero-order valence-corrected chi connectivity index (χ0v) is 11.6. The smallest absolute Gasteiger partial charge is 0.273 e. The Bertz CT molecular complexity index is 668. The van der Waals surface area contributed by atoms with Gasteiger partial charge in [-0.3, -0.25) is 9.69 Å². The number of nitrogens with zero attached hydrogens (tertiary/aromatic N) is 2. The Hall–Kier alpha value is -2.74. The van der Waals surface area contributed by atoms with Gasteiger partial charge in [0.05, 0.1) is 19.9 Å². The number of amides is 1. The number of nitriles is 1. The molecule has 0 spiro atoms. The van der Waals surface area contributed by atoms with Crippen LogP contribution in [0.15, 0.2) is 41.6 Å². The van der Waals surface area contributed by atoms with Crippen molar-refractivity contribution in [3.8, 4) is 17.6 Å². The fourth-order valence-corrected chi connectivity index (χ4v) is 2.06. The van der Waals surface area contributed by atoms with Gasteiger partial charge in [-0.2, -0.15) is 5.26 Å². The molecular formula is C15H14N2O3. The second-order valence-corrected chi connectivity index (χ2v) is 4.24. The molecule has 5 nitrogen and oxygen atoms in total. The van der Waals surface area contributed by atoms with E-state index in [2.05, 4.69) is 6.58 Å². The first kappa shape index (κ1) is 13.7. The van der Waals surface area contributed by atoms with E-state index in [4.69, 9.17) is 14.7 Å². The third-order valence-corrected chi connectivity index (χ3v) is 3.23. The Kier molecular flexibility index (Phi) is 3.49. The SMILES string of the molecule is C=C1C(C)=C(C#N)C(=O)N1c1ccc(OC)cc1OC. The summed E-state index contributed by atoms with van der Waals surface area (Å²) in [5.41, 5.74) is 1.70. The Balaban J connectivity index is 2.52. The lowest BCUT2D eigenvalue weighted by Gasteiger charge is -2.21. The molecule has 1 amide bonds. The molecule has 0 atom stereocenters. The van der Waals surface area contributed by atoms with Crippen molar-refractivity contribution >= 4 is 11.6 Å². The van der Waals surface area contributed by atoms with E-state index >= 15 is 0 Å². The molecule has 0 aliphatic carbocycles. The summed E-state index contributed by atoms with van der Waals surface area (Å²) in [6.07, 6.45) is 0. The lowest BCUT2D eigenvalue weighted by atomic mass is 10.2. The van der Waals surface area contributed by atoms with Crippen molar-refractivity contribution in [1.82, 2.24) is 0 Å². The number of hydrogen-bond donors (Lipinski definition) is 0. The van der Waals surface area contributed by atoms with Gasteiger partial charge in [-0.05, 0) is 24.6 Å². The summed E-state index contributed by atoms with van der Waals surface area (Å²) in [5.74, 6) is 0.706. The van der Waals surface area contributed by atoms with Gasteiger partial charge >= 0.3 is 0 Å². The first-order valence-electron chi connectivity index (χ1n) is 5.91. The van der Waals surface area contributed by atoms with Crippen LogP contribution in [0.3, 0.4) is 0 Å². The van der Waals surface area contributed by atoms with E-state index in [-0.39, 0.29) is 5.57 Å². The molecule has 0 fully saturated rings. The van der Waals surface area contributed by atoms with Gasteiger partial charge in [-0.25, -0.2) is 0 Å². The summed E-state index contributed by atoms with van der Waals surface area (Å²) in [6.45, 7) is 5.57. The summed E-state index contributed by atoms with van der Waals surface area (Å²) in [5, 5.41) is 9.05. The molecule has 1 heterocycles. The highest BCUT2D eigenvalue weighted by atomic mass is 16.5. The average Bonchev–Trinajstić information content (AvgIpc) is 2.68. The third-order valence-electron chi connectivity index (χ3n) is 3.23. The fraction of sp³-hybridized carbons (Fsp3) is 0.200. The number of ether oxygens (including phenoxy) is 2. The molecule has 0 radical (unpaired) electrons. The van der Waals surface area contributed by atoms with Gasteiger partial charge in [-0.1, -0.05) is 6.58 Å². The van der Waals surface area contributed by atoms with Crippen molar-refractivity contribution in [2.24, 2.45) is 0 Å². The zero-order chi connectivity index (χ0) is 14.9. The Morgan fingerprint density at radius 1 is 1.30 bits per heavy atom. The van der Waals surface area contributed by atoms with Crippen molar-refractivity contribution < 1.29 is 14.3 Å². The maximum absolute atomic E-state index is 12.3. The quantitative estimate of drug-likeness (QED) is 0.846.